The molecule has 5 nitrogen and oxygen atoms in total. The summed E-state index contributed by atoms with van der Waals surface area (Å²) >= 11 is 0. The highest BCUT2D eigenvalue weighted by molar-refractivity contribution is 7.88. The van der Waals surface area contributed by atoms with Crippen LogP contribution in [-0.2, 0) is 10.0 Å². The molecule has 0 bridgehead atoms. The van der Waals surface area contributed by atoms with Gasteiger partial charge in [-0.3, -0.25) is 4.79 Å². The van der Waals surface area contributed by atoms with Crippen molar-refractivity contribution in [3.63, 3.8) is 0 Å². The van der Waals surface area contributed by atoms with Crippen LogP contribution in [0, 0.1) is 12.7 Å². The summed E-state index contributed by atoms with van der Waals surface area (Å²) in [7, 11) is -3.22. The average molecular weight is 314 g/mol. The predicted octanol–water partition coefficient (Wildman–Crippen LogP) is 1.29. The van der Waals surface area contributed by atoms with Gasteiger partial charge in [-0.2, -0.15) is 0 Å². The number of nitrogens with one attached hydrogen (secondary N) is 1. The first-order valence-electron chi connectivity index (χ1n) is 6.79. The number of aryl methyl sites for hydroxylation is 1. The van der Waals surface area contributed by atoms with E-state index in [1.54, 1.807) is 17.9 Å². The van der Waals surface area contributed by atoms with Gasteiger partial charge < -0.3 is 4.90 Å². The van der Waals surface area contributed by atoms with Crippen LogP contribution in [0.15, 0.2) is 18.2 Å². The van der Waals surface area contributed by atoms with E-state index in [-0.39, 0.29) is 17.8 Å². The van der Waals surface area contributed by atoms with Crippen LogP contribution in [-0.4, -0.2) is 44.6 Å². The quantitative estimate of drug-likeness (QED) is 0.914. The summed E-state index contributed by atoms with van der Waals surface area (Å²) in [5.41, 5.74) is 0.901. The summed E-state index contributed by atoms with van der Waals surface area (Å²) in [4.78, 5) is 14.0. The summed E-state index contributed by atoms with van der Waals surface area (Å²) in [5, 5.41) is 0. The fourth-order valence-electron chi connectivity index (χ4n) is 2.46. The van der Waals surface area contributed by atoms with E-state index in [0.29, 0.717) is 37.1 Å². The Hall–Kier alpha value is -1.47. The van der Waals surface area contributed by atoms with Crippen molar-refractivity contribution in [3.8, 4) is 0 Å². The molecule has 1 N–H and O–H groups in total. The summed E-state index contributed by atoms with van der Waals surface area (Å²) < 4.78 is 38.1. The first kappa shape index (κ1) is 15.9. The van der Waals surface area contributed by atoms with Crippen molar-refractivity contribution in [1.29, 1.82) is 0 Å². The molecule has 116 valence electrons. The van der Waals surface area contributed by atoms with Gasteiger partial charge in [0.2, 0.25) is 10.0 Å². The van der Waals surface area contributed by atoms with Gasteiger partial charge in [-0.25, -0.2) is 17.5 Å². The number of hydrogen-bond acceptors (Lipinski definition) is 3. The number of benzene rings is 1. The number of carbonyl (C=O) groups excluding carboxylic acids is 1. The van der Waals surface area contributed by atoms with Crippen LogP contribution in [0.25, 0.3) is 0 Å². The molecular formula is C14H19FN2O3S. The van der Waals surface area contributed by atoms with Crippen LogP contribution < -0.4 is 4.72 Å². The number of carbonyl (C=O) groups is 1. The van der Waals surface area contributed by atoms with E-state index in [1.807, 2.05) is 0 Å². The first-order chi connectivity index (χ1) is 9.76. The minimum atomic E-state index is -3.22. The van der Waals surface area contributed by atoms with Gasteiger partial charge in [-0.1, -0.05) is 0 Å². The minimum absolute atomic E-state index is 0.126. The third-order valence-corrected chi connectivity index (χ3v) is 4.33. The molecule has 21 heavy (non-hydrogen) atoms. The Balaban J connectivity index is 1.98. The molecule has 0 spiro atoms. The van der Waals surface area contributed by atoms with Crippen molar-refractivity contribution in [2.24, 2.45) is 0 Å². The van der Waals surface area contributed by atoms with Crippen LogP contribution in [0.3, 0.4) is 0 Å². The molecule has 0 saturated carbocycles. The molecule has 0 radical (unpaired) electrons. The molecule has 7 heteroatoms. The van der Waals surface area contributed by atoms with E-state index in [9.17, 15) is 17.6 Å². The SMILES string of the molecule is Cc1cc(C(=O)N2CCC(NS(C)(=O)=O)CC2)ccc1F. The van der Waals surface area contributed by atoms with Gasteiger partial charge in [0.25, 0.3) is 5.91 Å². The third-order valence-electron chi connectivity index (χ3n) is 3.57. The van der Waals surface area contributed by atoms with Gasteiger partial charge in [0.05, 0.1) is 6.26 Å². The molecule has 0 atom stereocenters. The van der Waals surface area contributed by atoms with Crippen LogP contribution in [0.5, 0.6) is 0 Å². The van der Waals surface area contributed by atoms with Crippen LogP contribution in [0.2, 0.25) is 0 Å². The summed E-state index contributed by atoms with van der Waals surface area (Å²) in [6.07, 6.45) is 2.30. The van der Waals surface area contributed by atoms with E-state index < -0.39 is 10.0 Å². The van der Waals surface area contributed by atoms with Crippen molar-refractivity contribution in [2.45, 2.75) is 25.8 Å². The molecule has 1 amide bonds. The van der Waals surface area contributed by atoms with Crippen LogP contribution in [0.1, 0.15) is 28.8 Å². The van der Waals surface area contributed by atoms with Crippen LogP contribution in [0.4, 0.5) is 4.39 Å². The molecule has 1 fully saturated rings. The van der Waals surface area contributed by atoms with E-state index in [0.717, 1.165) is 6.26 Å². The minimum Gasteiger partial charge on any atom is -0.339 e. The van der Waals surface area contributed by atoms with E-state index >= 15 is 0 Å². The molecule has 2 rings (SSSR count). The number of likely N-dealkylation sites (tertiary alicyclic amines) is 1. The zero-order valence-corrected chi connectivity index (χ0v) is 12.9. The fraction of sp³-hybridized carbons (Fsp3) is 0.500. The van der Waals surface area contributed by atoms with E-state index in [4.69, 9.17) is 0 Å². The third kappa shape index (κ3) is 4.25. The van der Waals surface area contributed by atoms with Gasteiger partial charge >= 0.3 is 0 Å². The Morgan fingerprint density at radius 1 is 1.33 bits per heavy atom. The maximum absolute atomic E-state index is 13.2. The lowest BCUT2D eigenvalue weighted by atomic mass is 10.0. The fourth-order valence-corrected chi connectivity index (χ4v) is 3.30. The van der Waals surface area contributed by atoms with Crippen molar-refractivity contribution in [2.75, 3.05) is 19.3 Å². The van der Waals surface area contributed by atoms with Crippen molar-refractivity contribution < 1.29 is 17.6 Å². The highest BCUT2D eigenvalue weighted by Gasteiger charge is 2.25. The highest BCUT2D eigenvalue weighted by Crippen LogP contribution is 2.16. The average Bonchev–Trinajstić information content (AvgIpc) is 2.40. The van der Waals surface area contributed by atoms with Gasteiger partial charge in [-0.15, -0.1) is 0 Å². The van der Waals surface area contributed by atoms with Crippen LogP contribution >= 0.6 is 0 Å². The van der Waals surface area contributed by atoms with Crippen molar-refractivity contribution in [1.82, 2.24) is 9.62 Å². The Kier molecular flexibility index (Phi) is 4.63. The lowest BCUT2D eigenvalue weighted by Gasteiger charge is -2.32. The largest absolute Gasteiger partial charge is 0.339 e. The maximum Gasteiger partial charge on any atom is 0.253 e. The number of rotatable bonds is 3. The second-order valence-corrected chi connectivity index (χ2v) is 7.20. The Morgan fingerprint density at radius 2 is 1.95 bits per heavy atom. The molecule has 1 aromatic carbocycles. The summed E-state index contributed by atoms with van der Waals surface area (Å²) in [6, 6.07) is 4.18. The van der Waals surface area contributed by atoms with Gasteiger partial charge in [0.1, 0.15) is 5.82 Å². The summed E-state index contributed by atoms with van der Waals surface area (Å²) in [6.45, 7) is 2.60. The Bertz CT molecular complexity index is 638. The number of piperidine rings is 1. The molecule has 1 aromatic rings. The molecule has 1 aliphatic rings. The molecule has 0 aliphatic carbocycles. The molecule has 0 unspecified atom stereocenters. The molecule has 1 saturated heterocycles. The van der Waals surface area contributed by atoms with E-state index in [1.165, 1.54) is 12.1 Å². The van der Waals surface area contributed by atoms with Gasteiger partial charge in [0.15, 0.2) is 0 Å². The molecular weight excluding hydrogens is 295 g/mol. The lowest BCUT2D eigenvalue weighted by Crippen LogP contribution is -2.46. The maximum atomic E-state index is 13.2. The summed E-state index contributed by atoms with van der Waals surface area (Å²) in [5.74, 6) is -0.474. The Labute approximate surface area is 124 Å². The standard InChI is InChI=1S/C14H19FN2O3S/c1-10-9-11(3-4-13(10)15)14(18)17-7-5-12(6-8-17)16-21(2,19)20/h3-4,9,12,16H,5-8H2,1-2H3. The highest BCUT2D eigenvalue weighted by atomic mass is 32.2. The lowest BCUT2D eigenvalue weighted by molar-refractivity contribution is 0.0711. The topological polar surface area (TPSA) is 66.5 Å². The number of amides is 1. The number of halogens is 1. The van der Waals surface area contributed by atoms with Gasteiger partial charge in [0, 0.05) is 24.7 Å². The van der Waals surface area contributed by atoms with Gasteiger partial charge in [-0.05, 0) is 43.5 Å². The zero-order chi connectivity index (χ0) is 15.6. The molecule has 1 aliphatic heterocycles. The normalized spacial score (nSPS) is 17.0. The number of nitrogens with zero attached hydrogens (tertiary/aromatic N) is 1. The second-order valence-electron chi connectivity index (χ2n) is 5.42. The number of hydrogen-bond donors (Lipinski definition) is 1. The van der Waals surface area contributed by atoms with Crippen molar-refractivity contribution >= 4 is 15.9 Å². The molecule has 0 aromatic heterocycles. The Morgan fingerprint density at radius 3 is 2.48 bits per heavy atom. The van der Waals surface area contributed by atoms with E-state index in [2.05, 4.69) is 4.72 Å². The molecule has 1 heterocycles. The van der Waals surface area contributed by atoms with Crippen molar-refractivity contribution in [3.05, 3.63) is 35.1 Å². The smallest absolute Gasteiger partial charge is 0.253 e. The zero-order valence-electron chi connectivity index (χ0n) is 12.1. The predicted molar refractivity (Wildman–Crippen MR) is 78.0 cm³/mol. The second kappa shape index (κ2) is 6.11. The first-order valence-corrected chi connectivity index (χ1v) is 8.68. The monoisotopic (exact) mass is 314 g/mol. The number of sulfonamides is 1.